The molecule has 2 aliphatic heterocycles. The quantitative estimate of drug-likeness (QED) is 0.747. The van der Waals surface area contributed by atoms with Gasteiger partial charge in [0.1, 0.15) is 0 Å². The van der Waals surface area contributed by atoms with E-state index in [4.69, 9.17) is 0 Å². The number of hydrogen-bond acceptors (Lipinski definition) is 4. The summed E-state index contributed by atoms with van der Waals surface area (Å²) in [6, 6.07) is 9.28. The first-order valence-electron chi connectivity index (χ1n) is 11.3. The first-order chi connectivity index (χ1) is 14.2. The van der Waals surface area contributed by atoms with E-state index in [1.807, 2.05) is 0 Å². The number of aryl methyl sites for hydroxylation is 1. The Bertz CT molecular complexity index is 848. The van der Waals surface area contributed by atoms with Crippen molar-refractivity contribution >= 4 is 15.9 Å². The van der Waals surface area contributed by atoms with Gasteiger partial charge in [-0.25, -0.2) is 12.7 Å². The summed E-state index contributed by atoms with van der Waals surface area (Å²) >= 11 is 0. The number of nitrogens with one attached hydrogen (secondary N) is 1. The van der Waals surface area contributed by atoms with Gasteiger partial charge in [0.15, 0.2) is 0 Å². The second-order valence-corrected chi connectivity index (χ2v) is 11.6. The SMILES string of the molecule is Cc1ccc(C2(CN3CCC(NC(=O)C4CCN(S(C)(=O)=O)CC4)CC3)CC2)cc1. The van der Waals surface area contributed by atoms with Gasteiger partial charge in [-0.2, -0.15) is 0 Å². The van der Waals surface area contributed by atoms with Crippen LogP contribution in [0.2, 0.25) is 0 Å². The van der Waals surface area contributed by atoms with Crippen molar-refractivity contribution in [3.63, 3.8) is 0 Å². The van der Waals surface area contributed by atoms with Gasteiger partial charge >= 0.3 is 0 Å². The fourth-order valence-corrected chi connectivity index (χ4v) is 5.90. The van der Waals surface area contributed by atoms with Crippen LogP contribution >= 0.6 is 0 Å². The molecule has 166 valence electrons. The Balaban J connectivity index is 1.22. The van der Waals surface area contributed by atoms with Crippen LogP contribution in [0.15, 0.2) is 24.3 Å². The molecule has 3 aliphatic rings. The van der Waals surface area contributed by atoms with Crippen LogP contribution in [0.5, 0.6) is 0 Å². The Labute approximate surface area is 181 Å². The minimum atomic E-state index is -3.14. The van der Waals surface area contributed by atoms with Crippen molar-refractivity contribution in [3.05, 3.63) is 35.4 Å². The van der Waals surface area contributed by atoms with Crippen molar-refractivity contribution in [1.82, 2.24) is 14.5 Å². The number of carbonyl (C=O) groups is 1. The van der Waals surface area contributed by atoms with E-state index in [2.05, 4.69) is 41.4 Å². The molecule has 0 radical (unpaired) electrons. The first-order valence-corrected chi connectivity index (χ1v) is 13.2. The molecule has 4 rings (SSSR count). The average molecular weight is 434 g/mol. The van der Waals surface area contributed by atoms with Gasteiger partial charge in [-0.1, -0.05) is 29.8 Å². The van der Waals surface area contributed by atoms with Gasteiger partial charge in [0.2, 0.25) is 15.9 Å². The number of amides is 1. The van der Waals surface area contributed by atoms with Gasteiger partial charge in [-0.05, 0) is 51.0 Å². The molecule has 2 saturated heterocycles. The molecule has 1 amide bonds. The van der Waals surface area contributed by atoms with Crippen LogP contribution in [0, 0.1) is 12.8 Å². The summed E-state index contributed by atoms with van der Waals surface area (Å²) in [5.41, 5.74) is 3.13. The topological polar surface area (TPSA) is 69.7 Å². The Hall–Kier alpha value is -1.44. The van der Waals surface area contributed by atoms with Crippen molar-refractivity contribution < 1.29 is 13.2 Å². The summed E-state index contributed by atoms with van der Waals surface area (Å²) in [6.07, 6.45) is 7.03. The highest BCUT2D eigenvalue weighted by atomic mass is 32.2. The van der Waals surface area contributed by atoms with E-state index in [-0.39, 0.29) is 17.9 Å². The molecular formula is C23H35N3O3S. The monoisotopic (exact) mass is 433 g/mol. The van der Waals surface area contributed by atoms with Gasteiger partial charge in [0.05, 0.1) is 6.26 Å². The number of carbonyl (C=O) groups excluding carboxylic acids is 1. The lowest BCUT2D eigenvalue weighted by Gasteiger charge is -2.36. The van der Waals surface area contributed by atoms with E-state index in [0.29, 0.717) is 31.3 Å². The molecule has 7 heteroatoms. The van der Waals surface area contributed by atoms with Crippen molar-refractivity contribution in [1.29, 1.82) is 0 Å². The van der Waals surface area contributed by atoms with Crippen LogP contribution in [-0.4, -0.2) is 68.6 Å². The molecule has 1 N–H and O–H groups in total. The van der Waals surface area contributed by atoms with Crippen LogP contribution in [0.4, 0.5) is 0 Å². The minimum Gasteiger partial charge on any atom is -0.353 e. The van der Waals surface area contributed by atoms with Crippen molar-refractivity contribution in [3.8, 4) is 0 Å². The number of hydrogen-bond donors (Lipinski definition) is 1. The predicted molar refractivity (Wildman–Crippen MR) is 119 cm³/mol. The lowest BCUT2D eigenvalue weighted by atomic mass is 9.92. The molecule has 0 bridgehead atoms. The molecular weight excluding hydrogens is 398 g/mol. The first kappa shape index (κ1) is 21.8. The average Bonchev–Trinajstić information content (AvgIpc) is 3.50. The summed E-state index contributed by atoms with van der Waals surface area (Å²) in [5, 5.41) is 3.25. The van der Waals surface area contributed by atoms with E-state index >= 15 is 0 Å². The van der Waals surface area contributed by atoms with Gasteiger partial charge in [0.25, 0.3) is 0 Å². The van der Waals surface area contributed by atoms with Gasteiger partial charge in [0, 0.05) is 50.1 Å². The lowest BCUT2D eigenvalue weighted by molar-refractivity contribution is -0.127. The van der Waals surface area contributed by atoms with Gasteiger partial charge in [-0.15, -0.1) is 0 Å². The maximum atomic E-state index is 12.7. The lowest BCUT2D eigenvalue weighted by Crippen LogP contribution is -2.49. The predicted octanol–water partition coefficient (Wildman–Crippen LogP) is 2.28. The van der Waals surface area contributed by atoms with Crippen LogP contribution < -0.4 is 5.32 Å². The molecule has 1 saturated carbocycles. The number of rotatable bonds is 6. The third-order valence-electron chi connectivity index (χ3n) is 7.27. The molecule has 30 heavy (non-hydrogen) atoms. The fourth-order valence-electron chi connectivity index (χ4n) is 5.03. The molecule has 0 aromatic heterocycles. The fraction of sp³-hybridized carbons (Fsp3) is 0.696. The Morgan fingerprint density at radius 1 is 1.03 bits per heavy atom. The zero-order valence-corrected chi connectivity index (χ0v) is 19.1. The normalized spacial score (nSPS) is 23.9. The van der Waals surface area contributed by atoms with Crippen LogP contribution in [0.3, 0.4) is 0 Å². The van der Waals surface area contributed by atoms with Crippen molar-refractivity contribution in [2.45, 2.75) is 56.9 Å². The third kappa shape index (κ3) is 5.06. The number of piperidine rings is 2. The molecule has 1 aromatic carbocycles. The molecule has 6 nitrogen and oxygen atoms in total. The molecule has 3 fully saturated rings. The van der Waals surface area contributed by atoms with E-state index < -0.39 is 10.0 Å². The summed E-state index contributed by atoms with van der Waals surface area (Å²) in [4.78, 5) is 15.2. The number of sulfonamides is 1. The zero-order valence-electron chi connectivity index (χ0n) is 18.3. The molecule has 0 unspecified atom stereocenters. The van der Waals surface area contributed by atoms with E-state index in [9.17, 15) is 13.2 Å². The highest BCUT2D eigenvalue weighted by Crippen LogP contribution is 2.49. The smallest absolute Gasteiger partial charge is 0.223 e. The van der Waals surface area contributed by atoms with Gasteiger partial charge < -0.3 is 10.2 Å². The van der Waals surface area contributed by atoms with E-state index in [1.54, 1.807) is 0 Å². The highest BCUT2D eigenvalue weighted by molar-refractivity contribution is 7.88. The van der Waals surface area contributed by atoms with E-state index in [0.717, 1.165) is 32.5 Å². The van der Waals surface area contributed by atoms with Crippen LogP contribution in [-0.2, 0) is 20.2 Å². The maximum absolute atomic E-state index is 12.7. The van der Waals surface area contributed by atoms with Crippen LogP contribution in [0.1, 0.15) is 49.7 Å². The Morgan fingerprint density at radius 2 is 1.63 bits per heavy atom. The maximum Gasteiger partial charge on any atom is 0.223 e. The minimum absolute atomic E-state index is 0.0581. The summed E-state index contributed by atoms with van der Waals surface area (Å²) in [6.45, 7) is 6.24. The summed E-state index contributed by atoms with van der Waals surface area (Å²) in [5.74, 6) is 0.0530. The second-order valence-electron chi connectivity index (χ2n) is 9.64. The Kier molecular flexibility index (Phi) is 6.24. The molecule has 1 aromatic rings. The molecule has 2 heterocycles. The molecule has 1 aliphatic carbocycles. The second kappa shape index (κ2) is 8.60. The number of nitrogens with zero attached hydrogens (tertiary/aromatic N) is 2. The van der Waals surface area contributed by atoms with E-state index in [1.165, 1.54) is 34.5 Å². The van der Waals surface area contributed by atoms with Crippen molar-refractivity contribution in [2.75, 3.05) is 39.0 Å². The largest absolute Gasteiger partial charge is 0.353 e. The number of likely N-dealkylation sites (tertiary alicyclic amines) is 1. The molecule has 0 spiro atoms. The summed E-state index contributed by atoms with van der Waals surface area (Å²) < 4.78 is 24.8. The highest BCUT2D eigenvalue weighted by Gasteiger charge is 2.45. The van der Waals surface area contributed by atoms with Crippen molar-refractivity contribution in [2.24, 2.45) is 5.92 Å². The standard InChI is InChI=1S/C23H35N3O3S/c1-18-3-5-20(6-4-18)23(11-12-23)17-25-13-9-21(10-14-25)24-22(27)19-7-15-26(16-8-19)30(2,28)29/h3-6,19,21H,7-17H2,1-2H3,(H,24,27). The summed E-state index contributed by atoms with van der Waals surface area (Å²) in [7, 11) is -3.14. The van der Waals surface area contributed by atoms with Crippen LogP contribution in [0.25, 0.3) is 0 Å². The number of benzene rings is 1. The molecule has 0 atom stereocenters. The third-order valence-corrected chi connectivity index (χ3v) is 8.57. The Morgan fingerprint density at radius 3 is 2.17 bits per heavy atom. The zero-order chi connectivity index (χ0) is 21.4. The van der Waals surface area contributed by atoms with Gasteiger partial charge in [-0.3, -0.25) is 4.79 Å².